The van der Waals surface area contributed by atoms with Crippen LogP contribution < -0.4 is 5.73 Å². The second-order valence-corrected chi connectivity index (χ2v) is 5.53. The van der Waals surface area contributed by atoms with Gasteiger partial charge in [-0.2, -0.15) is 0 Å². The highest BCUT2D eigenvalue weighted by molar-refractivity contribution is 5.81. The standard InChI is InChI=1S/C13H24N2O/c1-15(11-7-8-11)13(16)12(14)9-10-5-3-2-4-6-10/h10-12H,2-9,14H2,1H3. The topological polar surface area (TPSA) is 46.3 Å². The highest BCUT2D eigenvalue weighted by Gasteiger charge is 2.32. The quantitative estimate of drug-likeness (QED) is 0.793. The number of carbonyl (C=O) groups excluding carboxylic acids is 1. The Balaban J connectivity index is 1.76. The molecule has 2 rings (SSSR count). The Hall–Kier alpha value is -0.570. The summed E-state index contributed by atoms with van der Waals surface area (Å²) in [7, 11) is 1.90. The van der Waals surface area contributed by atoms with E-state index in [4.69, 9.17) is 5.73 Å². The molecular weight excluding hydrogens is 200 g/mol. The van der Waals surface area contributed by atoms with E-state index in [1.54, 1.807) is 0 Å². The number of nitrogens with two attached hydrogens (primary N) is 1. The number of hydrogen-bond acceptors (Lipinski definition) is 2. The van der Waals surface area contributed by atoms with Gasteiger partial charge in [-0.1, -0.05) is 32.1 Å². The lowest BCUT2D eigenvalue weighted by atomic mass is 9.85. The molecular formula is C13H24N2O. The molecule has 2 fully saturated rings. The molecule has 1 unspecified atom stereocenters. The van der Waals surface area contributed by atoms with Gasteiger partial charge in [0, 0.05) is 13.1 Å². The highest BCUT2D eigenvalue weighted by Crippen LogP contribution is 2.29. The molecule has 16 heavy (non-hydrogen) atoms. The van der Waals surface area contributed by atoms with Crippen molar-refractivity contribution in [1.82, 2.24) is 4.90 Å². The van der Waals surface area contributed by atoms with Gasteiger partial charge in [0.1, 0.15) is 0 Å². The molecule has 3 heteroatoms. The van der Waals surface area contributed by atoms with Gasteiger partial charge in [0.15, 0.2) is 0 Å². The van der Waals surface area contributed by atoms with E-state index in [0.29, 0.717) is 12.0 Å². The number of carbonyl (C=O) groups is 1. The van der Waals surface area contributed by atoms with Gasteiger partial charge in [0.25, 0.3) is 0 Å². The molecule has 2 aliphatic carbocycles. The minimum absolute atomic E-state index is 0.160. The molecule has 0 bridgehead atoms. The molecule has 0 saturated heterocycles. The Morgan fingerprint density at radius 2 is 1.88 bits per heavy atom. The molecule has 3 nitrogen and oxygen atoms in total. The molecule has 2 saturated carbocycles. The molecule has 0 aromatic carbocycles. The van der Waals surface area contributed by atoms with Crippen molar-refractivity contribution in [2.24, 2.45) is 11.7 Å². The van der Waals surface area contributed by atoms with Gasteiger partial charge in [0.05, 0.1) is 6.04 Å². The summed E-state index contributed by atoms with van der Waals surface area (Å²) in [6.45, 7) is 0. The summed E-state index contributed by atoms with van der Waals surface area (Å²) < 4.78 is 0. The molecule has 1 atom stereocenters. The van der Waals surface area contributed by atoms with Crippen molar-refractivity contribution in [3.63, 3.8) is 0 Å². The Labute approximate surface area is 98.4 Å². The maximum absolute atomic E-state index is 12.0. The predicted octanol–water partition coefficient (Wildman–Crippen LogP) is 1.90. The summed E-state index contributed by atoms with van der Waals surface area (Å²) in [5, 5.41) is 0. The van der Waals surface area contributed by atoms with E-state index in [1.165, 1.54) is 44.9 Å². The molecule has 0 radical (unpaired) electrons. The van der Waals surface area contributed by atoms with Crippen LogP contribution in [0.2, 0.25) is 0 Å². The van der Waals surface area contributed by atoms with Crippen LogP contribution in [0, 0.1) is 5.92 Å². The van der Waals surface area contributed by atoms with Gasteiger partial charge >= 0.3 is 0 Å². The van der Waals surface area contributed by atoms with Crippen molar-refractivity contribution in [3.8, 4) is 0 Å². The SMILES string of the molecule is CN(C(=O)C(N)CC1CCCCC1)C1CC1. The van der Waals surface area contributed by atoms with Crippen LogP contribution in [0.4, 0.5) is 0 Å². The van der Waals surface area contributed by atoms with Gasteiger partial charge < -0.3 is 10.6 Å². The lowest BCUT2D eigenvalue weighted by molar-refractivity contribution is -0.132. The number of rotatable bonds is 4. The van der Waals surface area contributed by atoms with Crippen molar-refractivity contribution in [1.29, 1.82) is 0 Å². The Morgan fingerprint density at radius 1 is 1.25 bits per heavy atom. The lowest BCUT2D eigenvalue weighted by Gasteiger charge is -2.26. The van der Waals surface area contributed by atoms with E-state index in [-0.39, 0.29) is 11.9 Å². The molecule has 0 spiro atoms. The maximum Gasteiger partial charge on any atom is 0.239 e. The zero-order valence-electron chi connectivity index (χ0n) is 10.3. The summed E-state index contributed by atoms with van der Waals surface area (Å²) in [6, 6.07) is 0.235. The Kier molecular flexibility index (Phi) is 3.85. The summed E-state index contributed by atoms with van der Waals surface area (Å²) in [6.07, 6.45) is 9.78. The van der Waals surface area contributed by atoms with Crippen LogP contribution in [0.3, 0.4) is 0 Å². The second-order valence-electron chi connectivity index (χ2n) is 5.53. The van der Waals surface area contributed by atoms with Crippen LogP contribution >= 0.6 is 0 Å². The van der Waals surface area contributed by atoms with Gasteiger partial charge in [-0.15, -0.1) is 0 Å². The maximum atomic E-state index is 12.0. The second kappa shape index (κ2) is 5.17. The smallest absolute Gasteiger partial charge is 0.239 e. The van der Waals surface area contributed by atoms with Crippen molar-refractivity contribution in [2.45, 2.75) is 63.5 Å². The minimum atomic E-state index is -0.256. The Bertz CT molecular complexity index is 244. The molecule has 0 aromatic heterocycles. The van der Waals surface area contributed by atoms with Crippen LogP contribution in [-0.2, 0) is 4.79 Å². The van der Waals surface area contributed by atoms with Gasteiger partial charge in [-0.25, -0.2) is 0 Å². The van der Waals surface area contributed by atoms with Crippen LogP contribution in [0.25, 0.3) is 0 Å². The van der Waals surface area contributed by atoms with E-state index in [0.717, 1.165) is 6.42 Å². The first-order valence-corrected chi connectivity index (χ1v) is 6.70. The van der Waals surface area contributed by atoms with Crippen molar-refractivity contribution >= 4 is 5.91 Å². The molecule has 0 aromatic rings. The van der Waals surface area contributed by atoms with Crippen molar-refractivity contribution in [3.05, 3.63) is 0 Å². The molecule has 2 N–H and O–H groups in total. The molecule has 92 valence electrons. The number of likely N-dealkylation sites (N-methyl/N-ethyl adjacent to an activating group) is 1. The van der Waals surface area contributed by atoms with Crippen LogP contribution in [0.5, 0.6) is 0 Å². The number of nitrogens with zero attached hydrogens (tertiary/aromatic N) is 1. The normalized spacial score (nSPS) is 24.1. The number of hydrogen-bond donors (Lipinski definition) is 1. The zero-order valence-corrected chi connectivity index (χ0v) is 10.3. The third kappa shape index (κ3) is 2.97. The predicted molar refractivity (Wildman–Crippen MR) is 65.0 cm³/mol. The monoisotopic (exact) mass is 224 g/mol. The molecule has 2 aliphatic rings. The van der Waals surface area contributed by atoms with Crippen molar-refractivity contribution in [2.75, 3.05) is 7.05 Å². The van der Waals surface area contributed by atoms with E-state index in [2.05, 4.69) is 0 Å². The summed E-state index contributed by atoms with van der Waals surface area (Å²) in [5.41, 5.74) is 6.02. The van der Waals surface area contributed by atoms with Crippen LogP contribution in [0.15, 0.2) is 0 Å². The third-order valence-electron chi connectivity index (χ3n) is 4.07. The van der Waals surface area contributed by atoms with E-state index in [9.17, 15) is 4.79 Å². The average molecular weight is 224 g/mol. The molecule has 0 heterocycles. The lowest BCUT2D eigenvalue weighted by Crippen LogP contribution is -2.43. The largest absolute Gasteiger partial charge is 0.341 e. The highest BCUT2D eigenvalue weighted by atomic mass is 16.2. The first kappa shape index (κ1) is 11.9. The average Bonchev–Trinajstić information content (AvgIpc) is 3.12. The first-order valence-electron chi connectivity index (χ1n) is 6.70. The fraction of sp³-hybridized carbons (Fsp3) is 0.923. The fourth-order valence-electron chi connectivity index (χ4n) is 2.79. The minimum Gasteiger partial charge on any atom is -0.341 e. The fourth-order valence-corrected chi connectivity index (χ4v) is 2.79. The summed E-state index contributed by atoms with van der Waals surface area (Å²) in [4.78, 5) is 13.9. The summed E-state index contributed by atoms with van der Waals surface area (Å²) in [5.74, 6) is 0.855. The van der Waals surface area contributed by atoms with Crippen LogP contribution in [0.1, 0.15) is 51.4 Å². The zero-order chi connectivity index (χ0) is 11.5. The van der Waals surface area contributed by atoms with Crippen LogP contribution in [-0.4, -0.2) is 29.9 Å². The Morgan fingerprint density at radius 3 is 2.44 bits per heavy atom. The van der Waals surface area contributed by atoms with Gasteiger partial charge in [-0.05, 0) is 25.2 Å². The van der Waals surface area contributed by atoms with E-state index < -0.39 is 0 Å². The van der Waals surface area contributed by atoms with E-state index >= 15 is 0 Å². The summed E-state index contributed by atoms with van der Waals surface area (Å²) >= 11 is 0. The van der Waals surface area contributed by atoms with Gasteiger partial charge in [0.2, 0.25) is 5.91 Å². The third-order valence-corrected chi connectivity index (χ3v) is 4.07. The number of amides is 1. The molecule has 0 aliphatic heterocycles. The first-order chi connectivity index (χ1) is 7.68. The molecule has 1 amide bonds. The van der Waals surface area contributed by atoms with Gasteiger partial charge in [-0.3, -0.25) is 4.79 Å². The van der Waals surface area contributed by atoms with Crippen molar-refractivity contribution < 1.29 is 4.79 Å². The van der Waals surface area contributed by atoms with E-state index in [1.807, 2.05) is 11.9 Å².